The fourth-order valence-electron chi connectivity index (χ4n) is 9.56. The van der Waals surface area contributed by atoms with Crippen molar-refractivity contribution >= 4 is 23.6 Å². The molecule has 2 aliphatic carbocycles. The molecule has 0 saturated carbocycles. The number of hydrogen-bond donors (Lipinski definition) is 0. The molecular formula is C50H39BN2O2. The summed E-state index contributed by atoms with van der Waals surface area (Å²) in [6.07, 6.45) is 0. The average molecular weight is 711 g/mol. The summed E-state index contributed by atoms with van der Waals surface area (Å²) in [4.78, 5) is 5.21. The zero-order chi connectivity index (χ0) is 37.1. The Labute approximate surface area is 322 Å². The molecule has 55 heavy (non-hydrogen) atoms. The van der Waals surface area contributed by atoms with Crippen molar-refractivity contribution in [2.45, 2.75) is 44.3 Å². The highest BCUT2D eigenvalue weighted by Crippen LogP contribution is 2.64. The van der Waals surface area contributed by atoms with Crippen molar-refractivity contribution in [3.63, 3.8) is 0 Å². The lowest BCUT2D eigenvalue weighted by molar-refractivity contribution is 0.00578. The van der Waals surface area contributed by atoms with Crippen molar-refractivity contribution in [2.75, 3.05) is 0 Å². The van der Waals surface area contributed by atoms with Crippen LogP contribution in [0, 0.1) is 0 Å². The van der Waals surface area contributed by atoms with Gasteiger partial charge in [0, 0.05) is 11.3 Å². The van der Waals surface area contributed by atoms with E-state index in [9.17, 15) is 0 Å². The van der Waals surface area contributed by atoms with Gasteiger partial charge in [-0.3, -0.25) is 4.57 Å². The van der Waals surface area contributed by atoms with Crippen molar-refractivity contribution in [1.82, 2.24) is 9.55 Å². The number of benzene rings is 7. The van der Waals surface area contributed by atoms with Crippen molar-refractivity contribution in [2.24, 2.45) is 0 Å². The monoisotopic (exact) mass is 710 g/mol. The van der Waals surface area contributed by atoms with E-state index in [0.717, 1.165) is 39.1 Å². The van der Waals surface area contributed by atoms with E-state index in [1.807, 2.05) is 0 Å². The number of fused-ring (bicyclic) bond motifs is 11. The number of aromatic nitrogens is 2. The molecule has 11 rings (SSSR count). The van der Waals surface area contributed by atoms with Gasteiger partial charge in [0.05, 0.1) is 27.7 Å². The second-order valence-corrected chi connectivity index (χ2v) is 16.1. The molecule has 1 aliphatic heterocycles. The number of imidazole rings is 1. The summed E-state index contributed by atoms with van der Waals surface area (Å²) >= 11 is 0. The van der Waals surface area contributed by atoms with Crippen LogP contribution in [0.25, 0.3) is 61.5 Å². The van der Waals surface area contributed by atoms with Crippen LogP contribution < -0.4 is 5.46 Å². The van der Waals surface area contributed by atoms with Crippen LogP contribution in [0.3, 0.4) is 0 Å². The van der Waals surface area contributed by atoms with E-state index >= 15 is 0 Å². The Morgan fingerprint density at radius 1 is 0.491 bits per heavy atom. The molecule has 4 nitrogen and oxygen atoms in total. The summed E-state index contributed by atoms with van der Waals surface area (Å²) in [5, 5.41) is 0. The zero-order valence-electron chi connectivity index (χ0n) is 31.4. The van der Waals surface area contributed by atoms with Gasteiger partial charge in [0.1, 0.15) is 5.82 Å². The molecule has 0 radical (unpaired) electrons. The van der Waals surface area contributed by atoms with E-state index in [0.29, 0.717) is 0 Å². The molecule has 3 aliphatic rings. The fourth-order valence-corrected chi connectivity index (χ4v) is 9.56. The summed E-state index contributed by atoms with van der Waals surface area (Å²) in [5.74, 6) is 0.924. The molecule has 7 aromatic carbocycles. The molecule has 1 saturated heterocycles. The molecule has 1 spiro atoms. The molecule has 5 heteroatoms. The van der Waals surface area contributed by atoms with Gasteiger partial charge in [-0.2, -0.15) is 0 Å². The number of hydrogen-bond acceptors (Lipinski definition) is 3. The minimum Gasteiger partial charge on any atom is -0.399 e. The summed E-state index contributed by atoms with van der Waals surface area (Å²) in [7, 11) is -0.478. The molecule has 264 valence electrons. The van der Waals surface area contributed by atoms with Crippen molar-refractivity contribution in [3.8, 4) is 50.5 Å². The van der Waals surface area contributed by atoms with Crippen LogP contribution in [0.4, 0.5) is 0 Å². The fraction of sp³-hybridized carbons (Fsp3) is 0.140. The van der Waals surface area contributed by atoms with E-state index in [2.05, 4.69) is 196 Å². The van der Waals surface area contributed by atoms with E-state index in [-0.39, 0.29) is 0 Å². The van der Waals surface area contributed by atoms with Crippen LogP contribution in [0.15, 0.2) is 164 Å². The highest BCUT2D eigenvalue weighted by molar-refractivity contribution is 6.64. The van der Waals surface area contributed by atoms with Crippen LogP contribution in [0.2, 0.25) is 0 Å². The Morgan fingerprint density at radius 2 is 1.04 bits per heavy atom. The molecule has 1 atom stereocenters. The molecule has 0 N–H and O–H groups in total. The van der Waals surface area contributed by atoms with Crippen LogP contribution in [-0.4, -0.2) is 27.9 Å². The van der Waals surface area contributed by atoms with Crippen LogP contribution in [0.1, 0.15) is 49.9 Å². The first kappa shape index (κ1) is 32.4. The lowest BCUT2D eigenvalue weighted by atomic mass is 9.68. The first-order valence-corrected chi connectivity index (χ1v) is 19.2. The number of nitrogens with zero attached hydrogens (tertiary/aromatic N) is 2. The quantitative estimate of drug-likeness (QED) is 0.171. The Morgan fingerprint density at radius 3 is 1.78 bits per heavy atom. The Kier molecular flexibility index (Phi) is 6.78. The normalized spacial score (nSPS) is 18.4. The van der Waals surface area contributed by atoms with Crippen molar-refractivity contribution in [1.29, 1.82) is 0 Å². The third kappa shape index (κ3) is 4.39. The third-order valence-electron chi connectivity index (χ3n) is 12.7. The summed E-state index contributed by atoms with van der Waals surface area (Å²) in [5.41, 5.74) is 16.4. The molecular weight excluding hydrogens is 671 g/mol. The van der Waals surface area contributed by atoms with Crippen LogP contribution in [-0.2, 0) is 14.7 Å². The maximum Gasteiger partial charge on any atom is 0.495 e. The number of rotatable bonds is 4. The molecule has 1 fully saturated rings. The van der Waals surface area contributed by atoms with E-state index in [4.69, 9.17) is 14.3 Å². The predicted molar refractivity (Wildman–Crippen MR) is 224 cm³/mol. The van der Waals surface area contributed by atoms with E-state index in [1.54, 1.807) is 0 Å². The van der Waals surface area contributed by atoms with Gasteiger partial charge in [-0.25, -0.2) is 4.98 Å². The SMILES string of the molecule is CC1(C)OB(c2cccc3c2-c2ccccc2C32c3ccccc3-c3c(-c4cccc(-c5nc6ccccc6n5-c5ccccc5)c4)cccc32)OC1(C)C. The van der Waals surface area contributed by atoms with Gasteiger partial charge in [-0.15, -0.1) is 0 Å². The van der Waals surface area contributed by atoms with Gasteiger partial charge in [-0.05, 0) is 119 Å². The van der Waals surface area contributed by atoms with Gasteiger partial charge in [0.15, 0.2) is 0 Å². The van der Waals surface area contributed by atoms with Gasteiger partial charge in [0.25, 0.3) is 0 Å². The van der Waals surface area contributed by atoms with Crippen LogP contribution >= 0.6 is 0 Å². The molecule has 1 aromatic heterocycles. The minimum atomic E-state index is -0.508. The van der Waals surface area contributed by atoms with Gasteiger partial charge in [0.2, 0.25) is 0 Å². The summed E-state index contributed by atoms with van der Waals surface area (Å²) < 4.78 is 15.7. The average Bonchev–Trinajstić information content (AvgIpc) is 3.91. The summed E-state index contributed by atoms with van der Waals surface area (Å²) in [6, 6.07) is 59.4. The highest BCUT2D eigenvalue weighted by atomic mass is 16.7. The largest absolute Gasteiger partial charge is 0.495 e. The lowest BCUT2D eigenvalue weighted by Crippen LogP contribution is -2.41. The summed E-state index contributed by atoms with van der Waals surface area (Å²) in [6.45, 7) is 8.51. The van der Waals surface area contributed by atoms with Gasteiger partial charge < -0.3 is 9.31 Å². The minimum absolute atomic E-state index is 0.447. The Bertz CT molecular complexity index is 2840. The highest BCUT2D eigenvalue weighted by Gasteiger charge is 2.56. The molecule has 2 heterocycles. The van der Waals surface area contributed by atoms with Crippen LogP contribution in [0.5, 0.6) is 0 Å². The van der Waals surface area contributed by atoms with Crippen molar-refractivity contribution < 1.29 is 9.31 Å². The Hall–Kier alpha value is -6.01. The van der Waals surface area contributed by atoms with Gasteiger partial charge in [-0.1, -0.05) is 133 Å². The smallest absolute Gasteiger partial charge is 0.399 e. The third-order valence-corrected chi connectivity index (χ3v) is 12.7. The lowest BCUT2D eigenvalue weighted by Gasteiger charge is -2.32. The molecule has 0 amide bonds. The molecule has 0 bridgehead atoms. The number of para-hydroxylation sites is 3. The Balaban J connectivity index is 1.14. The predicted octanol–water partition coefficient (Wildman–Crippen LogP) is 11.0. The maximum absolute atomic E-state index is 6.73. The van der Waals surface area contributed by atoms with E-state index in [1.165, 1.54) is 50.1 Å². The molecule has 1 unspecified atom stereocenters. The van der Waals surface area contributed by atoms with Crippen molar-refractivity contribution in [3.05, 3.63) is 186 Å². The topological polar surface area (TPSA) is 36.3 Å². The molecule has 8 aromatic rings. The zero-order valence-corrected chi connectivity index (χ0v) is 31.4. The first-order chi connectivity index (χ1) is 26.8. The van der Waals surface area contributed by atoms with E-state index < -0.39 is 23.7 Å². The second-order valence-electron chi connectivity index (χ2n) is 16.1. The first-order valence-electron chi connectivity index (χ1n) is 19.2. The standard InChI is InChI=1S/C50H39BN2O2/c1-48(2)49(3,4)55-51(54-48)42-28-16-27-41-46(42)37-22-9-11-25-39(37)50(41)38-24-10-8-21-36(38)45-35(23-15-26-40(45)50)32-17-14-18-33(31-32)47-52-43-29-12-13-30-44(43)53(47)34-19-6-5-7-20-34/h5-31H,1-4H3. The van der Waals surface area contributed by atoms with Gasteiger partial charge >= 0.3 is 7.12 Å². The maximum atomic E-state index is 6.73. The second kappa shape index (κ2) is 11.5.